The summed E-state index contributed by atoms with van der Waals surface area (Å²) in [6.45, 7) is 0. The van der Waals surface area contributed by atoms with Gasteiger partial charge in [0, 0.05) is 10.6 Å². The van der Waals surface area contributed by atoms with Gasteiger partial charge in [-0.15, -0.1) is 11.3 Å². The summed E-state index contributed by atoms with van der Waals surface area (Å²) >= 11 is 6.94. The fourth-order valence-electron chi connectivity index (χ4n) is 2.54. The molecule has 0 radical (unpaired) electrons. The van der Waals surface area contributed by atoms with Gasteiger partial charge in [0.15, 0.2) is 5.40 Å². The van der Waals surface area contributed by atoms with Crippen LogP contribution in [0.3, 0.4) is 0 Å². The lowest BCUT2D eigenvalue weighted by atomic mass is 10.1. The monoisotopic (exact) mass is 445 g/mol. The van der Waals surface area contributed by atoms with Crippen molar-refractivity contribution in [2.75, 3.05) is 0 Å². The molecule has 27 heavy (non-hydrogen) atoms. The van der Waals surface area contributed by atoms with Crippen molar-refractivity contribution in [3.63, 3.8) is 0 Å². The number of fused-ring (bicyclic) bond motifs is 1. The van der Waals surface area contributed by atoms with Gasteiger partial charge in [-0.25, -0.2) is 4.98 Å². The molecule has 0 aliphatic carbocycles. The molecule has 0 saturated carbocycles. The molecule has 0 fully saturated rings. The van der Waals surface area contributed by atoms with E-state index >= 15 is 0 Å². The third-order valence-electron chi connectivity index (χ3n) is 3.65. The van der Waals surface area contributed by atoms with Gasteiger partial charge in [0.2, 0.25) is 0 Å². The van der Waals surface area contributed by atoms with Crippen molar-refractivity contribution >= 4 is 60.0 Å². The number of hydrogen-bond acceptors (Lipinski definition) is 4. The van der Waals surface area contributed by atoms with Crippen LogP contribution in [-0.4, -0.2) is 30.0 Å². The minimum absolute atomic E-state index is 0.128. The van der Waals surface area contributed by atoms with Crippen LogP contribution >= 0.6 is 38.1 Å². The zero-order valence-corrected chi connectivity index (χ0v) is 16.9. The quantitative estimate of drug-likeness (QED) is 0.434. The Bertz CT molecular complexity index is 1050. The van der Waals surface area contributed by atoms with Crippen LogP contribution in [-0.2, 0) is 9.13 Å². The number of nitrogens with zero attached hydrogens (tertiary/aromatic N) is 1. The molecule has 1 heterocycles. The summed E-state index contributed by atoms with van der Waals surface area (Å²) in [4.78, 5) is 43.0. The van der Waals surface area contributed by atoms with Crippen molar-refractivity contribution < 1.29 is 28.7 Å². The molecule has 0 aliphatic rings. The highest BCUT2D eigenvalue weighted by molar-refractivity contribution is 7.72. The average molecular weight is 446 g/mol. The Hall–Kier alpha value is -1.34. The summed E-state index contributed by atoms with van der Waals surface area (Å²) in [5.41, 5.74) is 0.815. The summed E-state index contributed by atoms with van der Waals surface area (Å²) in [7, 11) is -10.4. The summed E-state index contributed by atoms with van der Waals surface area (Å²) in [6.07, 6.45) is 1.32. The molecule has 2 aromatic carbocycles. The Labute approximate surface area is 163 Å². The molecular weight excluding hydrogens is 432 g/mol. The lowest BCUT2D eigenvalue weighted by Gasteiger charge is -2.21. The van der Waals surface area contributed by atoms with Crippen molar-refractivity contribution in [3.8, 4) is 0 Å². The van der Waals surface area contributed by atoms with Crippen LogP contribution in [0, 0.1) is 0 Å². The number of para-hydroxylation sites is 1. The molecule has 7 nitrogen and oxygen atoms in total. The van der Waals surface area contributed by atoms with E-state index in [0.29, 0.717) is 16.1 Å². The van der Waals surface area contributed by atoms with Crippen molar-refractivity contribution in [1.82, 2.24) is 4.98 Å². The molecule has 0 aliphatic heterocycles. The highest BCUT2D eigenvalue weighted by Gasteiger charge is 2.47. The maximum absolute atomic E-state index is 12.0. The Morgan fingerprint density at radius 3 is 2.15 bits per heavy atom. The second-order valence-corrected chi connectivity index (χ2v) is 11.0. The van der Waals surface area contributed by atoms with Crippen LogP contribution in [0.1, 0.15) is 10.6 Å². The number of thiazole rings is 1. The summed E-state index contributed by atoms with van der Waals surface area (Å²) < 4.78 is 24.7. The van der Waals surface area contributed by atoms with E-state index in [2.05, 4.69) is 4.98 Å². The van der Waals surface area contributed by atoms with Gasteiger partial charge in [0.1, 0.15) is 5.01 Å². The van der Waals surface area contributed by atoms with E-state index in [4.69, 9.17) is 11.6 Å². The van der Waals surface area contributed by atoms with Gasteiger partial charge in [0.25, 0.3) is 0 Å². The third kappa shape index (κ3) is 4.74. The molecule has 4 N–H and O–H groups in total. The van der Waals surface area contributed by atoms with Gasteiger partial charge in [-0.2, -0.15) is 0 Å². The predicted molar refractivity (Wildman–Crippen MR) is 107 cm³/mol. The van der Waals surface area contributed by atoms with Crippen LogP contribution in [0.4, 0.5) is 0 Å². The van der Waals surface area contributed by atoms with Crippen LogP contribution in [0.25, 0.3) is 21.9 Å². The summed E-state index contributed by atoms with van der Waals surface area (Å²) in [5, 5.41) is -1.74. The number of hydrogen-bond donors (Lipinski definition) is 4. The van der Waals surface area contributed by atoms with E-state index < -0.39 is 20.6 Å². The number of halogens is 1. The fourth-order valence-corrected chi connectivity index (χ4v) is 6.54. The molecule has 0 bridgehead atoms. The Kier molecular flexibility index (Phi) is 5.73. The first-order valence-electron chi connectivity index (χ1n) is 7.49. The fraction of sp³-hybridized carbons (Fsp3) is 0.0625. The van der Waals surface area contributed by atoms with Crippen LogP contribution in [0.2, 0.25) is 5.02 Å². The molecule has 142 valence electrons. The van der Waals surface area contributed by atoms with Gasteiger partial charge < -0.3 is 19.6 Å². The predicted octanol–water partition coefficient (Wildman–Crippen LogP) is 4.17. The van der Waals surface area contributed by atoms with Gasteiger partial charge in [-0.1, -0.05) is 35.9 Å². The molecule has 0 amide bonds. The first kappa shape index (κ1) is 20.4. The van der Waals surface area contributed by atoms with Gasteiger partial charge in [0.05, 0.1) is 10.2 Å². The lowest BCUT2D eigenvalue weighted by Crippen LogP contribution is -2.12. The second kappa shape index (κ2) is 7.59. The molecule has 0 atom stereocenters. The highest BCUT2D eigenvalue weighted by Crippen LogP contribution is 2.65. The average Bonchev–Trinajstić information content (AvgIpc) is 2.97. The minimum Gasteiger partial charge on any atom is -0.324 e. The van der Waals surface area contributed by atoms with Crippen molar-refractivity contribution in [2.45, 2.75) is 5.40 Å². The molecule has 0 saturated heterocycles. The normalized spacial score (nSPS) is 13.5. The van der Waals surface area contributed by atoms with Gasteiger partial charge >= 0.3 is 15.2 Å². The Morgan fingerprint density at radius 2 is 1.59 bits per heavy atom. The van der Waals surface area contributed by atoms with Crippen molar-refractivity contribution in [2.24, 2.45) is 0 Å². The van der Waals surface area contributed by atoms with Crippen LogP contribution < -0.4 is 0 Å². The van der Waals surface area contributed by atoms with Gasteiger partial charge in [-0.05, 0) is 35.9 Å². The zero-order chi connectivity index (χ0) is 19.8. The van der Waals surface area contributed by atoms with E-state index in [-0.39, 0.29) is 10.6 Å². The first-order chi connectivity index (χ1) is 12.6. The molecule has 3 aromatic rings. The first-order valence-corrected chi connectivity index (χ1v) is 12.0. The van der Waals surface area contributed by atoms with Crippen molar-refractivity contribution in [1.29, 1.82) is 0 Å². The lowest BCUT2D eigenvalue weighted by molar-refractivity contribution is 0.348. The largest absolute Gasteiger partial charge is 0.345 e. The maximum Gasteiger partial charge on any atom is 0.345 e. The standard InChI is InChI=1S/C16H14ClNO6P2S/c17-11-7-5-10(6-8-11)9-12(16(25(19,20)21)26(22,23)24)15-18-13-3-1-2-4-14(13)27-15/h1-9,16H,(H2,19,20,21)(H2,22,23,24)/b12-9+. The SMILES string of the molecule is O=P(O)(O)C(/C(=C/c1ccc(Cl)cc1)c1nc2ccccc2s1)P(=O)(O)O. The molecule has 0 spiro atoms. The molecule has 3 rings (SSSR count). The molecular formula is C16H14ClNO6P2S. The Morgan fingerprint density at radius 1 is 1.00 bits per heavy atom. The highest BCUT2D eigenvalue weighted by atomic mass is 35.5. The van der Waals surface area contributed by atoms with Crippen LogP contribution in [0.5, 0.6) is 0 Å². The summed E-state index contributed by atoms with van der Waals surface area (Å²) in [5.74, 6) is 0. The smallest absolute Gasteiger partial charge is 0.324 e. The van der Waals surface area contributed by atoms with E-state index in [1.807, 2.05) is 0 Å². The number of aromatic nitrogens is 1. The van der Waals surface area contributed by atoms with E-state index in [1.165, 1.54) is 6.08 Å². The second-order valence-electron chi connectivity index (χ2n) is 5.69. The van der Waals surface area contributed by atoms with Crippen LogP contribution in [0.15, 0.2) is 48.5 Å². The maximum atomic E-state index is 12.0. The van der Waals surface area contributed by atoms with E-state index in [0.717, 1.165) is 16.0 Å². The number of rotatable bonds is 5. The topological polar surface area (TPSA) is 128 Å². The van der Waals surface area contributed by atoms with Gasteiger partial charge in [-0.3, -0.25) is 9.13 Å². The van der Waals surface area contributed by atoms with E-state index in [1.54, 1.807) is 48.5 Å². The summed E-state index contributed by atoms with van der Waals surface area (Å²) in [6, 6.07) is 13.3. The molecule has 1 aromatic heterocycles. The Balaban J connectivity index is 2.26. The molecule has 0 unspecified atom stereocenters. The minimum atomic E-state index is -5.20. The van der Waals surface area contributed by atoms with E-state index in [9.17, 15) is 28.7 Å². The third-order valence-corrected chi connectivity index (χ3v) is 8.62. The number of benzene rings is 2. The number of allylic oxidation sites excluding steroid dienone is 1. The molecule has 11 heteroatoms. The van der Waals surface area contributed by atoms with Crippen molar-refractivity contribution in [3.05, 3.63) is 64.1 Å². The zero-order valence-electron chi connectivity index (χ0n) is 13.5.